The van der Waals surface area contributed by atoms with Gasteiger partial charge in [0.05, 0.1) is 0 Å². The molecule has 1 N–H and O–H groups in total. The molecule has 0 heterocycles. The van der Waals surface area contributed by atoms with Gasteiger partial charge in [-0.15, -0.1) is 0 Å². The Hall–Kier alpha value is -0.0200. The highest BCUT2D eigenvalue weighted by Gasteiger charge is 1.94. The molecule has 0 bridgehead atoms. The lowest BCUT2D eigenvalue weighted by Gasteiger charge is -2.09. The number of ether oxygens (including phenoxy) is 2. The van der Waals surface area contributed by atoms with Crippen LogP contribution in [0.2, 0.25) is 0 Å². The lowest BCUT2D eigenvalue weighted by Crippen LogP contribution is -2.11. The first-order valence-electron chi connectivity index (χ1n) is 3.42. The van der Waals surface area contributed by atoms with Gasteiger partial charge in [-0.3, -0.25) is 0 Å². The van der Waals surface area contributed by atoms with Crippen LogP contribution >= 0.6 is 8.69 Å². The van der Waals surface area contributed by atoms with Crippen LogP contribution in [0.5, 0.6) is 0 Å². The zero-order valence-electron chi connectivity index (χ0n) is 7.11. The van der Waals surface area contributed by atoms with Crippen molar-refractivity contribution in [3.63, 3.8) is 0 Å². The topological polar surface area (TPSA) is 55.8 Å². The smallest absolute Gasteiger partial charge is 0.324 e. The van der Waals surface area contributed by atoms with Crippen molar-refractivity contribution < 1.29 is 18.9 Å². The van der Waals surface area contributed by atoms with Crippen molar-refractivity contribution in [1.82, 2.24) is 0 Å². The van der Waals surface area contributed by atoms with E-state index in [1.165, 1.54) is 0 Å². The fraction of sp³-hybridized carbons (Fsp3) is 1.00. The summed E-state index contributed by atoms with van der Waals surface area (Å²) >= 11 is 0. The molecule has 5 heteroatoms. The van der Waals surface area contributed by atoms with Crippen LogP contribution in [-0.2, 0) is 14.0 Å². The van der Waals surface area contributed by atoms with Crippen LogP contribution in [-0.4, -0.2) is 24.4 Å². The lowest BCUT2D eigenvalue weighted by atomic mass is 10.7. The highest BCUT2D eigenvalue weighted by molar-refractivity contribution is 7.16. The molecule has 0 aliphatic heterocycles. The molecule has 0 aromatic carbocycles. The van der Waals surface area contributed by atoms with E-state index in [1.807, 2.05) is 20.8 Å². The molecule has 0 saturated heterocycles. The van der Waals surface area contributed by atoms with Gasteiger partial charge in [-0.05, 0) is 20.8 Å². The van der Waals surface area contributed by atoms with Gasteiger partial charge in [0.1, 0.15) is 0 Å². The molecule has 0 aromatic rings. The maximum Gasteiger partial charge on any atom is 0.324 e. The second-order valence-corrected chi connectivity index (χ2v) is 1.72. The highest BCUT2D eigenvalue weighted by Crippen LogP contribution is 1.90. The fourth-order valence-electron chi connectivity index (χ4n) is 0.518. The third-order valence-corrected chi connectivity index (χ3v) is 0.803. The van der Waals surface area contributed by atoms with Crippen LogP contribution < -0.4 is 0 Å². The van der Waals surface area contributed by atoms with E-state index in [0.29, 0.717) is 0 Å². The molecule has 0 fully saturated rings. The first-order chi connectivity index (χ1) is 5.22. The third kappa shape index (κ3) is 17.8. The summed E-state index contributed by atoms with van der Waals surface area (Å²) in [6.07, 6.45) is -0.0370. The van der Waals surface area contributed by atoms with Crippen molar-refractivity contribution in [2.75, 3.05) is 13.2 Å². The maximum absolute atomic E-state index is 8.46. The van der Waals surface area contributed by atoms with E-state index < -0.39 is 8.69 Å². The molecule has 68 valence electrons. The van der Waals surface area contributed by atoms with E-state index in [1.54, 1.807) is 0 Å². The molecular weight excluding hydrogens is 167 g/mol. The van der Waals surface area contributed by atoms with Crippen molar-refractivity contribution in [2.24, 2.45) is 0 Å². The van der Waals surface area contributed by atoms with E-state index in [9.17, 15) is 0 Å². The Morgan fingerprint density at radius 1 is 1.36 bits per heavy atom. The van der Waals surface area contributed by atoms with Crippen LogP contribution in [0.15, 0.2) is 0 Å². The average Bonchev–Trinajstić information content (AvgIpc) is 1.90. The van der Waals surface area contributed by atoms with E-state index >= 15 is 0 Å². The molecular formula is C6H15O4P. The van der Waals surface area contributed by atoms with Crippen LogP contribution in [0, 0.1) is 0 Å². The van der Waals surface area contributed by atoms with Gasteiger partial charge in [0.15, 0.2) is 6.29 Å². The summed E-state index contributed by atoms with van der Waals surface area (Å²) in [5.74, 6) is 0. The molecule has 0 aromatic heterocycles. The molecule has 0 aliphatic carbocycles. The fourth-order valence-corrected chi connectivity index (χ4v) is 0.518. The zero-order valence-corrected chi connectivity index (χ0v) is 8.01. The minimum absolute atomic E-state index is 0.0370. The van der Waals surface area contributed by atoms with Gasteiger partial charge >= 0.3 is 8.69 Å². The van der Waals surface area contributed by atoms with Gasteiger partial charge in [-0.1, -0.05) is 0 Å². The summed E-state index contributed by atoms with van der Waals surface area (Å²) in [5, 5.41) is 0. The summed E-state index contributed by atoms with van der Waals surface area (Å²) in [7, 11) is -0.833. The van der Waals surface area contributed by atoms with E-state index in [4.69, 9.17) is 18.9 Å². The number of hydrogen-bond acceptors (Lipinski definition) is 3. The molecule has 0 unspecified atom stereocenters. The van der Waals surface area contributed by atoms with Gasteiger partial charge < -0.3 is 14.4 Å². The highest BCUT2D eigenvalue weighted by atomic mass is 31.1. The number of rotatable bonds is 4. The third-order valence-electron chi connectivity index (χ3n) is 0.803. The molecule has 0 radical (unpaired) electrons. The van der Waals surface area contributed by atoms with Crippen LogP contribution in [0.3, 0.4) is 0 Å². The van der Waals surface area contributed by atoms with E-state index in [2.05, 4.69) is 0 Å². The summed E-state index contributed by atoms with van der Waals surface area (Å²) in [5.41, 5.74) is 0. The normalized spacial score (nSPS) is 9.55. The molecule has 0 amide bonds. The van der Waals surface area contributed by atoms with E-state index in [-0.39, 0.29) is 6.29 Å². The van der Waals surface area contributed by atoms with Crippen molar-refractivity contribution in [1.29, 1.82) is 0 Å². The Balaban J connectivity index is 0. The van der Waals surface area contributed by atoms with Crippen molar-refractivity contribution in [3.05, 3.63) is 0 Å². The Labute approximate surface area is 68.8 Å². The second kappa shape index (κ2) is 12.6. The van der Waals surface area contributed by atoms with Gasteiger partial charge in [0.25, 0.3) is 0 Å². The molecule has 0 saturated carbocycles. The summed E-state index contributed by atoms with van der Waals surface area (Å²) in [6, 6.07) is 0. The molecule has 4 nitrogen and oxygen atoms in total. The van der Waals surface area contributed by atoms with Gasteiger partial charge in [-0.25, -0.2) is 4.57 Å². The van der Waals surface area contributed by atoms with Gasteiger partial charge in [0.2, 0.25) is 0 Å². The van der Waals surface area contributed by atoms with Crippen LogP contribution in [0.1, 0.15) is 20.8 Å². The van der Waals surface area contributed by atoms with Crippen molar-refractivity contribution in [2.45, 2.75) is 27.1 Å². The summed E-state index contributed by atoms with van der Waals surface area (Å²) in [4.78, 5) is 6.99. The molecule has 0 aliphatic rings. The lowest BCUT2D eigenvalue weighted by molar-refractivity contribution is -0.123. The van der Waals surface area contributed by atoms with Gasteiger partial charge in [-0.2, -0.15) is 0 Å². The SMILES string of the molecule is CCOC(C)OCC.O=PO. The minimum atomic E-state index is -0.833. The van der Waals surface area contributed by atoms with Crippen LogP contribution in [0.25, 0.3) is 0 Å². The predicted octanol–water partition coefficient (Wildman–Crippen LogP) is 1.59. The molecule has 0 spiro atoms. The monoisotopic (exact) mass is 182 g/mol. The Morgan fingerprint density at radius 2 is 1.64 bits per heavy atom. The maximum atomic E-state index is 8.46. The molecule has 0 atom stereocenters. The second-order valence-electron chi connectivity index (χ2n) is 1.56. The van der Waals surface area contributed by atoms with Crippen molar-refractivity contribution in [3.8, 4) is 0 Å². The Kier molecular flexibility index (Phi) is 15.6. The Bertz CT molecular complexity index is 73.0. The number of hydrogen-bond donors (Lipinski definition) is 1. The average molecular weight is 182 g/mol. The minimum Gasteiger partial charge on any atom is -0.353 e. The quantitative estimate of drug-likeness (QED) is 0.529. The Morgan fingerprint density at radius 3 is 1.82 bits per heavy atom. The van der Waals surface area contributed by atoms with Crippen molar-refractivity contribution >= 4 is 8.69 Å². The predicted molar refractivity (Wildman–Crippen MR) is 42.5 cm³/mol. The van der Waals surface area contributed by atoms with E-state index in [0.717, 1.165) is 13.2 Å². The first-order valence-corrected chi connectivity index (χ1v) is 4.19. The molecule has 11 heavy (non-hydrogen) atoms. The zero-order chi connectivity index (χ0) is 9.11. The first kappa shape index (κ1) is 13.6. The van der Waals surface area contributed by atoms with Crippen LogP contribution in [0.4, 0.5) is 0 Å². The summed E-state index contributed by atoms with van der Waals surface area (Å²) in [6.45, 7) is 7.25. The largest absolute Gasteiger partial charge is 0.353 e. The standard InChI is InChI=1S/C6H14O2.HO2P/c1-4-7-6(3)8-5-2;1-3-2/h6H,4-5H2,1-3H3;(H,1,2). The molecule has 0 rings (SSSR count). The summed E-state index contributed by atoms with van der Waals surface area (Å²) < 4.78 is 18.6. The van der Waals surface area contributed by atoms with Gasteiger partial charge in [0, 0.05) is 13.2 Å².